The highest BCUT2D eigenvalue weighted by Gasteiger charge is 2.29. The van der Waals surface area contributed by atoms with Crippen molar-refractivity contribution in [3.05, 3.63) is 69.8 Å². The largest absolute Gasteiger partial charge is 0.475 e. The molecule has 0 saturated heterocycles. The summed E-state index contributed by atoms with van der Waals surface area (Å²) in [5, 5.41) is 11.8. The maximum absolute atomic E-state index is 12.0. The van der Waals surface area contributed by atoms with Gasteiger partial charge in [0.25, 0.3) is 5.91 Å². The number of hydrogen-bond acceptors (Lipinski definition) is 8. The number of amides is 1. The van der Waals surface area contributed by atoms with Gasteiger partial charge in [-0.15, -0.1) is 0 Å². The first-order chi connectivity index (χ1) is 16.5. The van der Waals surface area contributed by atoms with Gasteiger partial charge in [-0.25, -0.2) is 14.6 Å². The topological polar surface area (TPSA) is 124 Å². The molecular formula is C26H28N2O7. The first-order valence-electron chi connectivity index (χ1n) is 11.2. The van der Waals surface area contributed by atoms with E-state index in [0.29, 0.717) is 35.8 Å². The fraction of sp³-hybridized carbons (Fsp3) is 0.385. The van der Waals surface area contributed by atoms with E-state index in [9.17, 15) is 14.4 Å². The molecule has 0 aromatic heterocycles. The third-order valence-electron chi connectivity index (χ3n) is 5.69. The van der Waals surface area contributed by atoms with Crippen LogP contribution in [-0.4, -0.2) is 53.1 Å². The lowest BCUT2D eigenvalue weighted by atomic mass is 10.0. The van der Waals surface area contributed by atoms with Crippen LogP contribution >= 0.6 is 0 Å². The molecule has 0 atom stereocenters. The molecule has 3 aliphatic rings. The van der Waals surface area contributed by atoms with Gasteiger partial charge in [0.1, 0.15) is 19.8 Å². The third kappa shape index (κ3) is 5.35. The SMILES string of the molecule is CC(C)(CO)NC(=O)c1ccc2c(c1)COC2=O.CC1(C)COC(c2ccc3c(c2)COC3=O)=N1. The highest BCUT2D eigenvalue weighted by atomic mass is 16.5. The number of hydrogen-bond donors (Lipinski definition) is 2. The van der Waals surface area contributed by atoms with E-state index in [2.05, 4.69) is 10.3 Å². The first-order valence-corrected chi connectivity index (χ1v) is 11.2. The molecule has 0 radical (unpaired) electrons. The van der Waals surface area contributed by atoms with E-state index >= 15 is 0 Å². The second-order valence-electron chi connectivity index (χ2n) is 9.91. The number of cyclic esters (lactones) is 2. The maximum atomic E-state index is 12.0. The van der Waals surface area contributed by atoms with E-state index in [4.69, 9.17) is 19.3 Å². The molecule has 3 heterocycles. The minimum atomic E-state index is -0.678. The Morgan fingerprint density at radius 2 is 1.60 bits per heavy atom. The van der Waals surface area contributed by atoms with Crippen molar-refractivity contribution in [2.45, 2.75) is 52.0 Å². The molecule has 184 valence electrons. The average molecular weight is 481 g/mol. The van der Waals surface area contributed by atoms with E-state index < -0.39 is 5.54 Å². The number of esters is 2. The second-order valence-corrected chi connectivity index (χ2v) is 9.91. The summed E-state index contributed by atoms with van der Waals surface area (Å²) in [7, 11) is 0. The van der Waals surface area contributed by atoms with Crippen LogP contribution in [0.1, 0.15) is 75.5 Å². The number of aliphatic hydroxyl groups is 1. The van der Waals surface area contributed by atoms with Gasteiger partial charge in [0.05, 0.1) is 28.8 Å². The number of aliphatic hydroxyl groups excluding tert-OH is 1. The van der Waals surface area contributed by atoms with E-state index in [-0.39, 0.29) is 36.6 Å². The summed E-state index contributed by atoms with van der Waals surface area (Å²) in [6.07, 6.45) is 0. The minimum Gasteiger partial charge on any atom is -0.475 e. The molecule has 0 bridgehead atoms. The Balaban J connectivity index is 0.000000165. The molecule has 0 saturated carbocycles. The third-order valence-corrected chi connectivity index (χ3v) is 5.69. The van der Waals surface area contributed by atoms with Crippen LogP contribution in [0.4, 0.5) is 0 Å². The molecule has 0 fully saturated rings. The number of rotatable bonds is 4. The van der Waals surface area contributed by atoms with Gasteiger partial charge in [-0.1, -0.05) is 0 Å². The molecule has 0 unspecified atom stereocenters. The summed E-state index contributed by atoms with van der Waals surface area (Å²) in [5.41, 5.74) is 3.29. The highest BCUT2D eigenvalue weighted by molar-refractivity contribution is 5.99. The second kappa shape index (κ2) is 9.14. The zero-order valence-corrected chi connectivity index (χ0v) is 20.1. The van der Waals surface area contributed by atoms with E-state index in [1.807, 2.05) is 26.0 Å². The van der Waals surface area contributed by atoms with Gasteiger partial charge in [-0.3, -0.25) is 4.79 Å². The fourth-order valence-corrected chi connectivity index (χ4v) is 3.69. The predicted octanol–water partition coefficient (Wildman–Crippen LogP) is 2.77. The van der Waals surface area contributed by atoms with Crippen LogP contribution in [0.2, 0.25) is 0 Å². The van der Waals surface area contributed by atoms with Crippen LogP contribution in [0.3, 0.4) is 0 Å². The molecule has 2 aromatic carbocycles. The number of carbonyl (C=O) groups excluding carboxylic acids is 3. The first kappa shape index (κ1) is 24.4. The van der Waals surface area contributed by atoms with Gasteiger partial charge in [-0.05, 0) is 64.1 Å². The van der Waals surface area contributed by atoms with Crippen LogP contribution in [0.5, 0.6) is 0 Å². The van der Waals surface area contributed by atoms with Gasteiger partial charge in [0.2, 0.25) is 5.90 Å². The quantitative estimate of drug-likeness (QED) is 0.645. The Bertz CT molecular complexity index is 1230. The molecule has 35 heavy (non-hydrogen) atoms. The molecule has 0 spiro atoms. The van der Waals surface area contributed by atoms with Crippen LogP contribution < -0.4 is 5.32 Å². The normalized spacial score (nSPS) is 17.2. The molecule has 3 aliphatic heterocycles. The predicted molar refractivity (Wildman–Crippen MR) is 126 cm³/mol. The van der Waals surface area contributed by atoms with Crippen molar-refractivity contribution in [3.63, 3.8) is 0 Å². The monoisotopic (exact) mass is 480 g/mol. The summed E-state index contributed by atoms with van der Waals surface area (Å²) >= 11 is 0. The van der Waals surface area contributed by atoms with Gasteiger partial charge < -0.3 is 24.6 Å². The lowest BCUT2D eigenvalue weighted by Crippen LogP contribution is -2.46. The maximum Gasteiger partial charge on any atom is 0.338 e. The standard InChI is InChI=1S/C13H15NO4.C13H13NO3/c1-13(2,7-15)14-11(16)8-3-4-10-9(5-8)6-18-12(10)17;1-13(2)7-17-11(14-13)8-3-4-10-9(5-8)6-16-12(10)15/h3-5,15H,6-7H2,1-2H3,(H,14,16);3-5H,6-7H2,1-2H3. The summed E-state index contributed by atoms with van der Waals surface area (Å²) in [6, 6.07) is 10.4. The molecule has 2 N–H and O–H groups in total. The molecule has 0 aliphatic carbocycles. The van der Waals surface area contributed by atoms with Crippen molar-refractivity contribution in [1.82, 2.24) is 5.32 Å². The number of nitrogens with one attached hydrogen (secondary N) is 1. The Labute approximate surface area is 203 Å². The molecular weight excluding hydrogens is 452 g/mol. The van der Waals surface area contributed by atoms with Gasteiger partial charge in [0, 0.05) is 22.3 Å². The Morgan fingerprint density at radius 1 is 1.00 bits per heavy atom. The highest BCUT2D eigenvalue weighted by Crippen LogP contribution is 2.25. The van der Waals surface area contributed by atoms with Crippen LogP contribution in [-0.2, 0) is 27.4 Å². The number of fused-ring (bicyclic) bond motifs is 2. The van der Waals surface area contributed by atoms with Crippen molar-refractivity contribution >= 4 is 23.7 Å². The Morgan fingerprint density at radius 3 is 2.17 bits per heavy atom. The Kier molecular flexibility index (Phi) is 6.38. The van der Waals surface area contributed by atoms with E-state index in [1.54, 1.807) is 38.1 Å². The van der Waals surface area contributed by atoms with Crippen LogP contribution in [0, 0.1) is 0 Å². The van der Waals surface area contributed by atoms with Gasteiger partial charge in [0.15, 0.2) is 0 Å². The summed E-state index contributed by atoms with van der Waals surface area (Å²) < 4.78 is 15.4. The Hall–Kier alpha value is -3.72. The molecule has 9 nitrogen and oxygen atoms in total. The van der Waals surface area contributed by atoms with Gasteiger partial charge >= 0.3 is 11.9 Å². The smallest absolute Gasteiger partial charge is 0.338 e. The van der Waals surface area contributed by atoms with Crippen molar-refractivity contribution in [3.8, 4) is 0 Å². The number of ether oxygens (including phenoxy) is 3. The van der Waals surface area contributed by atoms with Gasteiger partial charge in [-0.2, -0.15) is 0 Å². The van der Waals surface area contributed by atoms with Crippen molar-refractivity contribution in [2.75, 3.05) is 13.2 Å². The fourth-order valence-electron chi connectivity index (χ4n) is 3.69. The number of carbonyl (C=O) groups is 3. The minimum absolute atomic E-state index is 0.148. The van der Waals surface area contributed by atoms with Crippen LogP contribution in [0.25, 0.3) is 0 Å². The average Bonchev–Trinajstić information content (AvgIpc) is 3.50. The zero-order valence-electron chi connectivity index (χ0n) is 20.1. The molecule has 2 aromatic rings. The number of aliphatic imine (C=N–C) groups is 1. The number of nitrogens with zero attached hydrogens (tertiary/aromatic N) is 1. The summed E-state index contributed by atoms with van der Waals surface area (Å²) in [6.45, 7) is 8.51. The molecule has 9 heteroatoms. The lowest BCUT2D eigenvalue weighted by molar-refractivity contribution is 0.0526. The van der Waals surface area contributed by atoms with Crippen molar-refractivity contribution in [1.29, 1.82) is 0 Å². The van der Waals surface area contributed by atoms with E-state index in [0.717, 1.165) is 16.7 Å². The molecule has 1 amide bonds. The summed E-state index contributed by atoms with van der Waals surface area (Å²) in [4.78, 5) is 39.0. The van der Waals surface area contributed by atoms with Crippen molar-refractivity contribution < 1.29 is 33.7 Å². The van der Waals surface area contributed by atoms with Crippen LogP contribution in [0.15, 0.2) is 41.4 Å². The lowest BCUT2D eigenvalue weighted by Gasteiger charge is -2.23. The van der Waals surface area contributed by atoms with E-state index in [1.165, 1.54) is 0 Å². The zero-order chi connectivity index (χ0) is 25.4. The van der Waals surface area contributed by atoms with Crippen molar-refractivity contribution in [2.24, 2.45) is 4.99 Å². The molecule has 5 rings (SSSR count). The number of benzene rings is 2. The summed E-state index contributed by atoms with van der Waals surface area (Å²) in [5.74, 6) is -0.234.